The quantitative estimate of drug-likeness (QED) is 0.490. The van der Waals surface area contributed by atoms with Crippen molar-refractivity contribution in [3.63, 3.8) is 0 Å². The molecule has 0 saturated carbocycles. The zero-order valence-corrected chi connectivity index (χ0v) is 16.3. The van der Waals surface area contributed by atoms with Crippen LogP contribution in [0.3, 0.4) is 0 Å². The number of carbonyl (C=O) groups is 1. The van der Waals surface area contributed by atoms with Crippen molar-refractivity contribution >= 4 is 11.9 Å². The van der Waals surface area contributed by atoms with Crippen LogP contribution >= 0.6 is 0 Å². The van der Waals surface area contributed by atoms with Gasteiger partial charge in [0.25, 0.3) is 0 Å². The van der Waals surface area contributed by atoms with Crippen LogP contribution in [-0.2, 0) is 0 Å². The fourth-order valence-electron chi connectivity index (χ4n) is 2.78. The molecule has 0 unspecified atom stereocenters. The summed E-state index contributed by atoms with van der Waals surface area (Å²) >= 11 is 0. The first-order valence-electron chi connectivity index (χ1n) is 8.70. The number of rotatable bonds is 7. The summed E-state index contributed by atoms with van der Waals surface area (Å²) < 4.78 is 16.1. The van der Waals surface area contributed by atoms with Crippen molar-refractivity contribution in [1.82, 2.24) is 10.2 Å². The molecule has 3 aromatic rings. The average molecular weight is 378 g/mol. The maximum absolute atomic E-state index is 12.3. The molecule has 6 heteroatoms. The van der Waals surface area contributed by atoms with E-state index in [0.29, 0.717) is 34.2 Å². The second-order valence-corrected chi connectivity index (χ2v) is 6.19. The van der Waals surface area contributed by atoms with E-state index >= 15 is 0 Å². The number of aryl methyl sites for hydroxylation is 1. The van der Waals surface area contributed by atoms with Crippen molar-refractivity contribution in [2.45, 2.75) is 6.92 Å². The highest BCUT2D eigenvalue weighted by molar-refractivity contribution is 6.06. The molecule has 3 rings (SSSR count). The molecule has 1 aromatic heterocycles. The van der Waals surface area contributed by atoms with Crippen LogP contribution in [-0.4, -0.2) is 37.3 Å². The van der Waals surface area contributed by atoms with Gasteiger partial charge in [-0.1, -0.05) is 29.8 Å². The van der Waals surface area contributed by atoms with Crippen LogP contribution in [0.4, 0.5) is 0 Å². The highest BCUT2D eigenvalue weighted by Gasteiger charge is 2.15. The van der Waals surface area contributed by atoms with Crippen molar-refractivity contribution < 1.29 is 19.0 Å². The molecule has 0 atom stereocenters. The largest absolute Gasteiger partial charge is 0.493 e. The maximum atomic E-state index is 12.3. The summed E-state index contributed by atoms with van der Waals surface area (Å²) in [6, 6.07) is 13.0. The van der Waals surface area contributed by atoms with Gasteiger partial charge in [0.05, 0.1) is 32.7 Å². The number of methoxy groups -OCH3 is 3. The van der Waals surface area contributed by atoms with Crippen LogP contribution in [0.15, 0.2) is 48.5 Å². The summed E-state index contributed by atoms with van der Waals surface area (Å²) in [4.78, 5) is 12.3. The molecule has 0 spiro atoms. The van der Waals surface area contributed by atoms with Gasteiger partial charge in [0.1, 0.15) is 0 Å². The van der Waals surface area contributed by atoms with Crippen LogP contribution in [0.25, 0.3) is 17.3 Å². The molecule has 1 heterocycles. The normalized spacial score (nSPS) is 10.9. The van der Waals surface area contributed by atoms with Crippen LogP contribution in [0, 0.1) is 6.92 Å². The van der Waals surface area contributed by atoms with Crippen molar-refractivity contribution in [1.29, 1.82) is 0 Å². The van der Waals surface area contributed by atoms with E-state index in [4.69, 9.17) is 14.2 Å². The Bertz CT molecular complexity index is 979. The molecule has 1 N–H and O–H groups in total. The van der Waals surface area contributed by atoms with Gasteiger partial charge in [-0.15, -0.1) is 0 Å². The van der Waals surface area contributed by atoms with Gasteiger partial charge >= 0.3 is 0 Å². The third kappa shape index (κ3) is 4.06. The lowest BCUT2D eigenvalue weighted by molar-refractivity contribution is 0.104. The minimum Gasteiger partial charge on any atom is -0.493 e. The number of ether oxygens (including phenoxy) is 3. The monoisotopic (exact) mass is 378 g/mol. The molecule has 0 bridgehead atoms. The average Bonchev–Trinajstić information content (AvgIpc) is 3.20. The standard InChI is InChI=1S/C22H22N2O4/c1-14-5-7-15(8-6-14)19(25)10-9-17-13-18(24-23-17)16-11-20(26-2)22(28-4)21(12-16)27-3/h5-13H,1-4H3,(H,23,24)/b10-9+. The third-order valence-electron chi connectivity index (χ3n) is 4.31. The van der Waals surface area contributed by atoms with Crippen LogP contribution in [0.1, 0.15) is 21.6 Å². The third-order valence-corrected chi connectivity index (χ3v) is 4.31. The summed E-state index contributed by atoms with van der Waals surface area (Å²) in [7, 11) is 4.69. The Hall–Kier alpha value is -3.54. The number of benzene rings is 2. The minimum atomic E-state index is -0.0658. The highest BCUT2D eigenvalue weighted by atomic mass is 16.5. The Morgan fingerprint density at radius 1 is 0.964 bits per heavy atom. The molecule has 0 saturated heterocycles. The molecule has 0 aliphatic rings. The van der Waals surface area contributed by atoms with Crippen LogP contribution in [0.5, 0.6) is 17.2 Å². The molecule has 0 amide bonds. The molecule has 144 valence electrons. The van der Waals surface area contributed by atoms with E-state index in [1.54, 1.807) is 27.4 Å². The van der Waals surface area contributed by atoms with Crippen molar-refractivity contribution in [2.75, 3.05) is 21.3 Å². The zero-order chi connectivity index (χ0) is 20.1. The number of nitrogens with one attached hydrogen (secondary N) is 1. The van der Waals surface area contributed by atoms with Crippen molar-refractivity contribution in [3.8, 4) is 28.5 Å². The highest BCUT2D eigenvalue weighted by Crippen LogP contribution is 2.40. The Morgan fingerprint density at radius 2 is 1.61 bits per heavy atom. The number of carbonyl (C=O) groups excluding carboxylic acids is 1. The summed E-state index contributed by atoms with van der Waals surface area (Å²) in [6.45, 7) is 1.99. The van der Waals surface area contributed by atoms with Gasteiger partial charge in [-0.25, -0.2) is 0 Å². The summed E-state index contributed by atoms with van der Waals surface area (Å²) in [5, 5.41) is 7.24. The fourth-order valence-corrected chi connectivity index (χ4v) is 2.78. The molecule has 0 aliphatic carbocycles. The number of ketones is 1. The maximum Gasteiger partial charge on any atom is 0.203 e. The molecule has 0 aliphatic heterocycles. The SMILES string of the molecule is COc1cc(-c2cc(/C=C/C(=O)c3ccc(C)cc3)[nH]n2)cc(OC)c1OC. The predicted octanol–water partition coefficient (Wildman–Crippen LogP) is 4.31. The van der Waals surface area contributed by atoms with E-state index in [9.17, 15) is 4.79 Å². The number of nitrogens with zero attached hydrogens (tertiary/aromatic N) is 1. The molecule has 0 fully saturated rings. The molecule has 0 radical (unpaired) electrons. The van der Waals surface area contributed by atoms with Gasteiger partial charge in [0.2, 0.25) is 5.75 Å². The van der Waals surface area contributed by atoms with E-state index in [0.717, 1.165) is 11.1 Å². The van der Waals surface area contributed by atoms with E-state index in [1.165, 1.54) is 6.08 Å². The Balaban J connectivity index is 1.84. The van der Waals surface area contributed by atoms with Gasteiger partial charge in [-0.2, -0.15) is 5.10 Å². The smallest absolute Gasteiger partial charge is 0.203 e. The lowest BCUT2D eigenvalue weighted by Gasteiger charge is -2.13. The van der Waals surface area contributed by atoms with Crippen LogP contribution < -0.4 is 14.2 Å². The van der Waals surface area contributed by atoms with Crippen molar-refractivity contribution in [2.24, 2.45) is 0 Å². The number of hydrogen-bond donors (Lipinski definition) is 1. The number of hydrogen-bond acceptors (Lipinski definition) is 5. The Morgan fingerprint density at radius 3 is 2.18 bits per heavy atom. The van der Waals surface area contributed by atoms with Gasteiger partial charge in [-0.05, 0) is 37.3 Å². The topological polar surface area (TPSA) is 73.4 Å². The predicted molar refractivity (Wildman–Crippen MR) is 108 cm³/mol. The Labute approximate surface area is 163 Å². The molecule has 28 heavy (non-hydrogen) atoms. The fraction of sp³-hybridized carbons (Fsp3) is 0.182. The number of aromatic nitrogens is 2. The first-order valence-corrected chi connectivity index (χ1v) is 8.70. The first-order chi connectivity index (χ1) is 13.5. The summed E-state index contributed by atoms with van der Waals surface area (Å²) in [6.07, 6.45) is 3.23. The van der Waals surface area contributed by atoms with E-state index in [-0.39, 0.29) is 5.78 Å². The lowest BCUT2D eigenvalue weighted by atomic mass is 10.1. The summed E-state index contributed by atoms with van der Waals surface area (Å²) in [5.41, 5.74) is 3.97. The van der Waals surface area contributed by atoms with Gasteiger partial charge in [-0.3, -0.25) is 9.89 Å². The van der Waals surface area contributed by atoms with Crippen LogP contribution in [0.2, 0.25) is 0 Å². The number of aromatic amines is 1. The zero-order valence-electron chi connectivity index (χ0n) is 16.3. The van der Waals surface area contributed by atoms with E-state index < -0.39 is 0 Å². The minimum absolute atomic E-state index is 0.0658. The van der Waals surface area contributed by atoms with Gasteiger partial charge < -0.3 is 14.2 Å². The van der Waals surface area contributed by atoms with Gasteiger partial charge in [0, 0.05) is 11.1 Å². The molecular weight excluding hydrogens is 356 g/mol. The lowest BCUT2D eigenvalue weighted by Crippen LogP contribution is -1.95. The second kappa shape index (κ2) is 8.43. The number of allylic oxidation sites excluding steroid dienone is 1. The molecule has 6 nitrogen and oxygen atoms in total. The van der Waals surface area contributed by atoms with Gasteiger partial charge in [0.15, 0.2) is 17.3 Å². The number of H-pyrrole nitrogens is 1. The van der Waals surface area contributed by atoms with Crippen molar-refractivity contribution in [3.05, 3.63) is 65.4 Å². The first kappa shape index (κ1) is 19.2. The second-order valence-electron chi connectivity index (χ2n) is 6.19. The summed E-state index contributed by atoms with van der Waals surface area (Å²) in [5.74, 6) is 1.55. The van der Waals surface area contributed by atoms with E-state index in [2.05, 4.69) is 10.2 Å². The Kier molecular flexibility index (Phi) is 5.79. The molecule has 2 aromatic carbocycles. The molecular formula is C22H22N2O4. The van der Waals surface area contributed by atoms with E-state index in [1.807, 2.05) is 49.4 Å².